The predicted octanol–water partition coefficient (Wildman–Crippen LogP) is 5.49. The van der Waals surface area contributed by atoms with Gasteiger partial charge in [0, 0.05) is 18.3 Å². The molecule has 0 atom stereocenters. The molecule has 7 nitrogen and oxygen atoms in total. The zero-order valence-corrected chi connectivity index (χ0v) is 20.4. The van der Waals surface area contributed by atoms with E-state index in [1.54, 1.807) is 41.5 Å². The summed E-state index contributed by atoms with van der Waals surface area (Å²) in [4.78, 5) is 26.4. The van der Waals surface area contributed by atoms with E-state index >= 15 is 0 Å². The number of nitrogens with zero attached hydrogens (tertiary/aromatic N) is 3. The monoisotopic (exact) mass is 517 g/mol. The highest BCUT2D eigenvalue weighted by atomic mass is 127. The first-order valence-electron chi connectivity index (χ1n) is 10.3. The van der Waals surface area contributed by atoms with Crippen LogP contribution in [0.25, 0.3) is 0 Å². The molecule has 162 valence electrons. The third-order valence-electron chi connectivity index (χ3n) is 4.98. The lowest BCUT2D eigenvalue weighted by atomic mass is 9.80. The zero-order chi connectivity index (χ0) is 21.6. The normalized spacial score (nSPS) is 22.0. The summed E-state index contributed by atoms with van der Waals surface area (Å²) in [6.45, 7) is 11.0. The van der Waals surface area contributed by atoms with Crippen LogP contribution in [0.15, 0.2) is 6.20 Å². The first-order chi connectivity index (χ1) is 13.3. The third-order valence-corrected chi connectivity index (χ3v) is 5.82. The van der Waals surface area contributed by atoms with Crippen LogP contribution in [-0.4, -0.2) is 44.6 Å². The van der Waals surface area contributed by atoms with Crippen LogP contribution in [0.1, 0.15) is 84.7 Å². The van der Waals surface area contributed by atoms with Gasteiger partial charge < -0.3 is 9.47 Å². The molecule has 0 unspecified atom stereocenters. The quantitative estimate of drug-likeness (QED) is 0.494. The molecule has 0 spiro atoms. The largest absolute Gasteiger partial charge is 0.443 e. The lowest BCUT2D eigenvalue weighted by molar-refractivity contribution is -0.00641. The van der Waals surface area contributed by atoms with Gasteiger partial charge in [0.1, 0.15) is 14.9 Å². The number of halogens is 1. The predicted molar refractivity (Wildman–Crippen MR) is 118 cm³/mol. The molecule has 0 saturated heterocycles. The van der Waals surface area contributed by atoms with E-state index < -0.39 is 23.4 Å². The fraction of sp³-hybridized carbons (Fsp3) is 0.762. The van der Waals surface area contributed by atoms with Gasteiger partial charge in [0.15, 0.2) is 0 Å². The van der Waals surface area contributed by atoms with Gasteiger partial charge in [-0.05, 0) is 102 Å². The molecule has 0 N–H and O–H groups in total. The minimum atomic E-state index is -0.676. The Morgan fingerprint density at radius 3 is 2.07 bits per heavy atom. The highest BCUT2D eigenvalue weighted by Gasteiger charge is 2.39. The van der Waals surface area contributed by atoms with Gasteiger partial charge in [-0.15, -0.1) is 0 Å². The van der Waals surface area contributed by atoms with Gasteiger partial charge in [-0.25, -0.2) is 14.5 Å². The Labute approximate surface area is 186 Å². The molecule has 1 heterocycles. The highest BCUT2D eigenvalue weighted by Crippen LogP contribution is 2.44. The Kier molecular flexibility index (Phi) is 6.23. The molecular formula is C21H32IN3O4. The fourth-order valence-corrected chi connectivity index (χ4v) is 4.25. The molecule has 2 aliphatic carbocycles. The van der Waals surface area contributed by atoms with Crippen molar-refractivity contribution in [1.29, 1.82) is 0 Å². The zero-order valence-electron chi connectivity index (χ0n) is 18.2. The summed E-state index contributed by atoms with van der Waals surface area (Å²) in [6, 6.07) is 0.320. The Morgan fingerprint density at radius 1 is 1.10 bits per heavy atom. The minimum Gasteiger partial charge on any atom is -0.443 e. The number of hydrogen-bond donors (Lipinski definition) is 0. The standard InChI is InChI=1S/C21H32IN3O4/c1-20(2,3)28-18(26)24(19(27)29-21(4,5)6)11-13-9-15(10-13)25-12-16(14-7-8-14)17(22)23-25/h12-15H,7-11H2,1-6H3. The molecule has 3 rings (SSSR count). The van der Waals surface area contributed by atoms with Gasteiger partial charge >= 0.3 is 12.2 Å². The summed E-state index contributed by atoms with van der Waals surface area (Å²) in [5.41, 5.74) is 0.00716. The van der Waals surface area contributed by atoms with Crippen molar-refractivity contribution in [1.82, 2.24) is 14.7 Å². The van der Waals surface area contributed by atoms with Crippen LogP contribution in [-0.2, 0) is 9.47 Å². The van der Waals surface area contributed by atoms with Crippen LogP contribution in [0.4, 0.5) is 9.59 Å². The number of amides is 2. The Balaban J connectivity index is 1.61. The summed E-state index contributed by atoms with van der Waals surface area (Å²) in [5, 5.41) is 4.68. The third kappa shape index (κ3) is 6.08. The maximum atomic E-state index is 12.6. The van der Waals surface area contributed by atoms with Gasteiger partial charge in [0.2, 0.25) is 0 Å². The number of hydrogen-bond acceptors (Lipinski definition) is 5. The second-order valence-electron chi connectivity index (χ2n) is 10.2. The molecule has 29 heavy (non-hydrogen) atoms. The van der Waals surface area contributed by atoms with E-state index in [0.29, 0.717) is 18.5 Å². The first-order valence-corrected chi connectivity index (χ1v) is 11.4. The van der Waals surface area contributed by atoms with Crippen LogP contribution in [0.2, 0.25) is 0 Å². The van der Waals surface area contributed by atoms with Gasteiger partial charge in [0.05, 0.1) is 6.04 Å². The van der Waals surface area contributed by atoms with E-state index in [9.17, 15) is 9.59 Å². The summed E-state index contributed by atoms with van der Waals surface area (Å²) < 4.78 is 14.0. The van der Waals surface area contributed by atoms with Crippen molar-refractivity contribution in [3.05, 3.63) is 15.5 Å². The average Bonchev–Trinajstić information content (AvgIpc) is 3.25. The van der Waals surface area contributed by atoms with Crippen molar-refractivity contribution in [2.24, 2.45) is 5.92 Å². The van der Waals surface area contributed by atoms with E-state index in [0.717, 1.165) is 21.4 Å². The number of ether oxygens (including phenoxy) is 2. The van der Waals surface area contributed by atoms with E-state index in [1.165, 1.54) is 18.4 Å². The molecule has 2 amide bonds. The average molecular weight is 517 g/mol. The van der Waals surface area contributed by atoms with E-state index in [1.807, 2.05) is 0 Å². The molecule has 2 aliphatic rings. The molecule has 8 heteroatoms. The van der Waals surface area contributed by atoms with Crippen molar-refractivity contribution in [3.8, 4) is 0 Å². The van der Waals surface area contributed by atoms with Gasteiger partial charge in [-0.1, -0.05) is 0 Å². The maximum absolute atomic E-state index is 12.6. The van der Waals surface area contributed by atoms with Crippen LogP contribution in [0.3, 0.4) is 0 Å². The number of imide groups is 1. The van der Waals surface area contributed by atoms with E-state index in [-0.39, 0.29) is 5.92 Å². The lowest BCUT2D eigenvalue weighted by Gasteiger charge is -2.38. The van der Waals surface area contributed by atoms with E-state index in [2.05, 4.69) is 38.6 Å². The molecule has 0 aliphatic heterocycles. The smallest absolute Gasteiger partial charge is 0.419 e. The Morgan fingerprint density at radius 2 is 1.62 bits per heavy atom. The van der Waals surface area contributed by atoms with Crippen LogP contribution < -0.4 is 0 Å². The molecule has 2 saturated carbocycles. The van der Waals surface area contributed by atoms with Crippen molar-refractivity contribution in [2.75, 3.05) is 6.54 Å². The Hall–Kier alpha value is -1.32. The highest BCUT2D eigenvalue weighted by molar-refractivity contribution is 14.1. The Bertz CT molecular complexity index is 740. The van der Waals surface area contributed by atoms with Crippen molar-refractivity contribution in [2.45, 2.75) is 90.4 Å². The number of rotatable bonds is 4. The summed E-state index contributed by atoms with van der Waals surface area (Å²) in [7, 11) is 0. The molecule has 0 aromatic carbocycles. The minimum absolute atomic E-state index is 0.214. The van der Waals surface area contributed by atoms with Crippen LogP contribution in [0, 0.1) is 9.62 Å². The van der Waals surface area contributed by atoms with Crippen molar-refractivity contribution in [3.63, 3.8) is 0 Å². The van der Waals surface area contributed by atoms with Crippen molar-refractivity contribution < 1.29 is 19.1 Å². The molecule has 2 fully saturated rings. The maximum Gasteiger partial charge on any atom is 0.419 e. The SMILES string of the molecule is CC(C)(C)OC(=O)N(CC1CC(n2cc(C3CC3)c(I)n2)C1)C(=O)OC(C)(C)C. The lowest BCUT2D eigenvalue weighted by Crippen LogP contribution is -2.47. The van der Waals surface area contributed by atoms with E-state index in [4.69, 9.17) is 9.47 Å². The van der Waals surface area contributed by atoms with Gasteiger partial charge in [-0.2, -0.15) is 5.10 Å². The number of carbonyl (C=O) groups is 2. The second-order valence-corrected chi connectivity index (χ2v) is 11.2. The van der Waals surface area contributed by atoms with Crippen LogP contribution in [0.5, 0.6) is 0 Å². The first kappa shape index (κ1) is 22.4. The number of carbonyl (C=O) groups excluding carboxylic acids is 2. The number of aromatic nitrogens is 2. The topological polar surface area (TPSA) is 73.7 Å². The molecular weight excluding hydrogens is 485 g/mol. The molecule has 1 aromatic rings. The molecule has 0 radical (unpaired) electrons. The molecule has 0 bridgehead atoms. The second kappa shape index (κ2) is 8.07. The fourth-order valence-electron chi connectivity index (χ4n) is 3.42. The molecule has 1 aromatic heterocycles. The van der Waals surface area contributed by atoms with Gasteiger partial charge in [0.25, 0.3) is 0 Å². The summed E-state index contributed by atoms with van der Waals surface area (Å²) in [6.07, 6.45) is 5.15. The van der Waals surface area contributed by atoms with Crippen LogP contribution >= 0.6 is 22.6 Å². The summed E-state index contributed by atoms with van der Waals surface area (Å²) >= 11 is 2.31. The summed E-state index contributed by atoms with van der Waals surface area (Å²) in [5.74, 6) is 0.896. The van der Waals surface area contributed by atoms with Crippen molar-refractivity contribution >= 4 is 34.8 Å². The van der Waals surface area contributed by atoms with Gasteiger partial charge in [-0.3, -0.25) is 4.68 Å².